The van der Waals surface area contributed by atoms with Gasteiger partial charge in [0.15, 0.2) is 0 Å². The number of nitrogens with zero attached hydrogens (tertiary/aromatic N) is 2. The Kier molecular flexibility index (Phi) is 7.36. The van der Waals surface area contributed by atoms with Gasteiger partial charge in [-0.2, -0.15) is 0 Å². The van der Waals surface area contributed by atoms with E-state index in [0.717, 1.165) is 0 Å². The molecule has 0 saturated heterocycles. The molecule has 4 heteroatoms. The number of hydrogen-bond donors (Lipinski definition) is 0. The van der Waals surface area contributed by atoms with Crippen LogP contribution in [0.15, 0.2) is 84.6 Å². The number of allylic oxidation sites excluding steroid dienone is 2. The highest BCUT2D eigenvalue weighted by molar-refractivity contribution is 5.95. The number of terminal acetylenes is 1. The van der Waals surface area contributed by atoms with Gasteiger partial charge < -0.3 is 9.80 Å². The first-order valence-electron chi connectivity index (χ1n) is 8.95. The van der Waals surface area contributed by atoms with Gasteiger partial charge in [0.05, 0.1) is 0 Å². The molecule has 0 aromatic heterocycles. The molecule has 0 spiro atoms. The summed E-state index contributed by atoms with van der Waals surface area (Å²) in [6.45, 7) is 1.85. The van der Waals surface area contributed by atoms with Gasteiger partial charge in [0.1, 0.15) is 6.04 Å². The maximum absolute atomic E-state index is 12.6. The van der Waals surface area contributed by atoms with Crippen LogP contribution < -0.4 is 0 Å². The van der Waals surface area contributed by atoms with E-state index in [9.17, 15) is 9.59 Å². The van der Waals surface area contributed by atoms with E-state index in [1.807, 2.05) is 49.4 Å². The molecule has 28 heavy (non-hydrogen) atoms. The first-order valence-corrected chi connectivity index (χ1v) is 8.95. The molecule has 0 saturated carbocycles. The maximum Gasteiger partial charge on any atom is 0.257 e. The summed E-state index contributed by atoms with van der Waals surface area (Å²) in [7, 11) is 3.37. The van der Waals surface area contributed by atoms with E-state index in [4.69, 9.17) is 6.42 Å². The smallest absolute Gasteiger partial charge is 0.257 e. The third-order valence-corrected chi connectivity index (χ3v) is 4.39. The molecular weight excluding hydrogens is 348 g/mol. The molecule has 0 aliphatic rings. The molecule has 0 aliphatic heterocycles. The van der Waals surface area contributed by atoms with Crippen LogP contribution in [0.1, 0.15) is 27.6 Å². The second-order valence-electron chi connectivity index (χ2n) is 6.20. The molecule has 1 unspecified atom stereocenters. The Morgan fingerprint density at radius 2 is 1.43 bits per heavy atom. The molecule has 0 heterocycles. The Morgan fingerprint density at radius 1 is 0.929 bits per heavy atom. The minimum absolute atomic E-state index is 0.121. The maximum atomic E-state index is 12.6. The fourth-order valence-electron chi connectivity index (χ4n) is 2.69. The number of carbonyl (C=O) groups is 2. The minimum Gasteiger partial charge on any atom is -0.324 e. The Hall–Kier alpha value is -3.58. The summed E-state index contributed by atoms with van der Waals surface area (Å²) in [5.41, 5.74) is 1.86. The fourth-order valence-corrected chi connectivity index (χ4v) is 2.69. The summed E-state index contributed by atoms with van der Waals surface area (Å²) in [5.74, 6) is 2.34. The highest BCUT2D eigenvalue weighted by Crippen LogP contribution is 2.13. The van der Waals surface area contributed by atoms with Crippen molar-refractivity contribution in [1.29, 1.82) is 0 Å². The highest BCUT2D eigenvalue weighted by Gasteiger charge is 2.18. The first kappa shape index (κ1) is 20.7. The molecule has 2 amide bonds. The Labute approximate surface area is 166 Å². The molecule has 2 aromatic rings. The van der Waals surface area contributed by atoms with E-state index in [-0.39, 0.29) is 11.8 Å². The van der Waals surface area contributed by atoms with Crippen LogP contribution in [0, 0.1) is 12.3 Å². The van der Waals surface area contributed by atoms with E-state index in [1.165, 1.54) is 4.90 Å². The van der Waals surface area contributed by atoms with Gasteiger partial charge in [-0.25, -0.2) is 0 Å². The summed E-state index contributed by atoms with van der Waals surface area (Å²) in [6.07, 6.45) is 11.0. The van der Waals surface area contributed by atoms with Crippen molar-refractivity contribution in [3.63, 3.8) is 0 Å². The van der Waals surface area contributed by atoms with Gasteiger partial charge in [-0.3, -0.25) is 9.59 Å². The number of benzene rings is 2. The minimum atomic E-state index is -0.539. The van der Waals surface area contributed by atoms with Gasteiger partial charge in [-0.15, -0.1) is 6.42 Å². The number of likely N-dealkylation sites (N-methyl/N-ethyl adjacent to an activating group) is 2. The third-order valence-electron chi connectivity index (χ3n) is 4.39. The largest absolute Gasteiger partial charge is 0.324 e. The summed E-state index contributed by atoms with van der Waals surface area (Å²) < 4.78 is 0. The van der Waals surface area contributed by atoms with Crippen molar-refractivity contribution < 1.29 is 9.59 Å². The van der Waals surface area contributed by atoms with Crippen LogP contribution in [0.4, 0.5) is 0 Å². The molecule has 2 rings (SSSR count). The number of rotatable bonds is 6. The molecule has 1 atom stereocenters. The second-order valence-corrected chi connectivity index (χ2v) is 6.20. The van der Waals surface area contributed by atoms with Gasteiger partial charge in [-0.1, -0.05) is 48.4 Å². The number of amides is 2. The lowest BCUT2D eigenvalue weighted by molar-refractivity contribution is 0.0783. The summed E-state index contributed by atoms with van der Waals surface area (Å²) >= 11 is 0. The first-order chi connectivity index (χ1) is 13.5. The van der Waals surface area contributed by atoms with Crippen molar-refractivity contribution in [3.05, 3.63) is 95.7 Å². The van der Waals surface area contributed by atoms with Crippen molar-refractivity contribution in [3.8, 4) is 12.3 Å². The lowest BCUT2D eigenvalue weighted by atomic mass is 10.1. The quantitative estimate of drug-likeness (QED) is 0.568. The molecule has 0 bridgehead atoms. The zero-order chi connectivity index (χ0) is 20.5. The van der Waals surface area contributed by atoms with Crippen molar-refractivity contribution in [2.24, 2.45) is 0 Å². The topological polar surface area (TPSA) is 40.6 Å². The van der Waals surface area contributed by atoms with Crippen LogP contribution in [-0.4, -0.2) is 41.8 Å². The van der Waals surface area contributed by atoms with Gasteiger partial charge >= 0.3 is 0 Å². The van der Waals surface area contributed by atoms with Crippen LogP contribution in [0.2, 0.25) is 0 Å². The average molecular weight is 372 g/mol. The lowest BCUT2D eigenvalue weighted by Gasteiger charge is -2.23. The molecule has 2 aromatic carbocycles. The SMILES string of the molecule is C#CC(/C=C\C(=C/C)N(C)C(=O)c1ccccc1)N(C)C(=O)c1ccccc1. The summed E-state index contributed by atoms with van der Waals surface area (Å²) in [6, 6.07) is 17.5. The Bertz CT molecular complexity index is 909. The van der Waals surface area contributed by atoms with Crippen LogP contribution in [-0.2, 0) is 0 Å². The number of hydrogen-bond acceptors (Lipinski definition) is 2. The van der Waals surface area contributed by atoms with E-state index < -0.39 is 6.04 Å². The third kappa shape index (κ3) is 4.99. The number of carbonyl (C=O) groups excluding carboxylic acids is 2. The van der Waals surface area contributed by atoms with Crippen LogP contribution in [0.5, 0.6) is 0 Å². The molecule has 0 radical (unpaired) electrons. The zero-order valence-corrected chi connectivity index (χ0v) is 16.4. The van der Waals surface area contributed by atoms with Crippen molar-refractivity contribution in [2.75, 3.05) is 14.1 Å². The molecule has 4 nitrogen and oxygen atoms in total. The lowest BCUT2D eigenvalue weighted by Crippen LogP contribution is -2.35. The van der Waals surface area contributed by atoms with Gasteiger partial charge in [0.25, 0.3) is 11.8 Å². The van der Waals surface area contributed by atoms with Gasteiger partial charge in [0.2, 0.25) is 0 Å². The zero-order valence-electron chi connectivity index (χ0n) is 16.4. The second kappa shape index (κ2) is 9.94. The molecule has 0 N–H and O–H groups in total. The van der Waals surface area contributed by atoms with E-state index in [1.54, 1.807) is 55.4 Å². The normalized spacial score (nSPS) is 12.3. The van der Waals surface area contributed by atoms with Crippen LogP contribution >= 0.6 is 0 Å². The predicted molar refractivity (Wildman–Crippen MR) is 113 cm³/mol. The molecule has 0 aliphatic carbocycles. The van der Waals surface area contributed by atoms with E-state index >= 15 is 0 Å². The van der Waals surface area contributed by atoms with E-state index in [2.05, 4.69) is 5.92 Å². The standard InChI is InChI=1S/C24H24N2O2/c1-5-21(25(3)23(27)19-13-9-7-10-14-19)17-18-22(6-2)26(4)24(28)20-15-11-8-12-16-20/h1,6-18,21H,2-4H3/b18-17-,22-6+. The predicted octanol–water partition coefficient (Wildman–Crippen LogP) is 3.99. The van der Waals surface area contributed by atoms with Gasteiger partial charge in [-0.05, 0) is 43.3 Å². The van der Waals surface area contributed by atoms with Crippen molar-refractivity contribution >= 4 is 11.8 Å². The molecule has 0 fully saturated rings. The Morgan fingerprint density at radius 3 is 1.89 bits per heavy atom. The Balaban J connectivity index is 2.15. The monoisotopic (exact) mass is 372 g/mol. The van der Waals surface area contributed by atoms with Crippen molar-refractivity contribution in [2.45, 2.75) is 13.0 Å². The average Bonchev–Trinajstić information content (AvgIpc) is 2.76. The summed E-state index contributed by atoms with van der Waals surface area (Å²) in [4.78, 5) is 28.3. The van der Waals surface area contributed by atoms with Crippen LogP contribution in [0.3, 0.4) is 0 Å². The molecular formula is C24H24N2O2. The van der Waals surface area contributed by atoms with Gasteiger partial charge in [0, 0.05) is 30.9 Å². The highest BCUT2D eigenvalue weighted by atomic mass is 16.2. The summed E-state index contributed by atoms with van der Waals surface area (Å²) in [5, 5.41) is 0. The fraction of sp³-hybridized carbons (Fsp3) is 0.167. The molecule has 142 valence electrons. The van der Waals surface area contributed by atoms with Crippen LogP contribution in [0.25, 0.3) is 0 Å². The van der Waals surface area contributed by atoms with Crippen molar-refractivity contribution in [1.82, 2.24) is 9.80 Å². The van der Waals surface area contributed by atoms with E-state index in [0.29, 0.717) is 16.8 Å².